The molecular formula is C16H18N4O3. The molecule has 2 aromatic rings. The van der Waals surface area contributed by atoms with E-state index in [1.807, 2.05) is 31.2 Å². The van der Waals surface area contributed by atoms with Gasteiger partial charge in [-0.2, -0.15) is 0 Å². The topological polar surface area (TPSA) is 97.2 Å². The number of amides is 1. The predicted molar refractivity (Wildman–Crippen MR) is 88.6 cm³/mol. The summed E-state index contributed by atoms with van der Waals surface area (Å²) in [6, 6.07) is 9.07. The third-order valence-corrected chi connectivity index (χ3v) is 3.40. The maximum atomic E-state index is 12.0. The number of rotatable bonds is 6. The third-order valence-electron chi connectivity index (χ3n) is 3.40. The largest absolute Gasteiger partial charge is 0.355 e. The summed E-state index contributed by atoms with van der Waals surface area (Å²) in [6.07, 6.45) is 2.27. The van der Waals surface area contributed by atoms with Crippen LogP contribution in [0.4, 0.5) is 17.2 Å². The fourth-order valence-electron chi connectivity index (χ4n) is 2.22. The van der Waals surface area contributed by atoms with Crippen molar-refractivity contribution in [2.24, 2.45) is 0 Å². The van der Waals surface area contributed by atoms with Crippen LogP contribution in [0.2, 0.25) is 0 Å². The molecule has 2 N–H and O–H groups in total. The van der Waals surface area contributed by atoms with Gasteiger partial charge in [0, 0.05) is 17.4 Å². The molecule has 0 atom stereocenters. The zero-order chi connectivity index (χ0) is 16.8. The molecule has 0 saturated carbocycles. The standard InChI is InChI=1S/C16H18N4O3/c1-3-12-6-4-5-7-13(12)19-14(21)10-18-16-15(20(22)23)11(2)8-9-17-16/h4-9H,3,10H2,1-2H3,(H,17,18)(H,19,21). The van der Waals surface area contributed by atoms with Crippen LogP contribution in [0.25, 0.3) is 0 Å². The minimum atomic E-state index is -0.505. The first-order chi connectivity index (χ1) is 11.0. The van der Waals surface area contributed by atoms with E-state index < -0.39 is 4.92 Å². The number of pyridine rings is 1. The zero-order valence-corrected chi connectivity index (χ0v) is 13.0. The van der Waals surface area contributed by atoms with Crippen LogP contribution in [-0.4, -0.2) is 22.4 Å². The van der Waals surface area contributed by atoms with Gasteiger partial charge in [0.1, 0.15) is 0 Å². The number of carbonyl (C=O) groups excluding carboxylic acids is 1. The van der Waals surface area contributed by atoms with Gasteiger partial charge < -0.3 is 10.6 Å². The number of anilines is 2. The molecule has 1 heterocycles. The Labute approximate surface area is 133 Å². The lowest BCUT2D eigenvalue weighted by Gasteiger charge is -2.11. The molecule has 2 rings (SSSR count). The van der Waals surface area contributed by atoms with E-state index in [0.717, 1.165) is 17.7 Å². The normalized spacial score (nSPS) is 10.2. The SMILES string of the molecule is CCc1ccccc1NC(=O)CNc1nccc(C)c1[N+](=O)[O-]. The van der Waals surface area contributed by atoms with Crippen molar-refractivity contribution in [2.45, 2.75) is 20.3 Å². The van der Waals surface area contributed by atoms with E-state index in [0.29, 0.717) is 5.56 Å². The highest BCUT2D eigenvalue weighted by atomic mass is 16.6. The molecule has 120 valence electrons. The Balaban J connectivity index is 2.05. The Kier molecular flexibility index (Phi) is 5.24. The van der Waals surface area contributed by atoms with E-state index in [4.69, 9.17) is 0 Å². The number of hydrogen-bond donors (Lipinski definition) is 2. The number of aromatic nitrogens is 1. The van der Waals surface area contributed by atoms with Gasteiger partial charge in [0.25, 0.3) is 0 Å². The lowest BCUT2D eigenvalue weighted by Crippen LogP contribution is -2.23. The van der Waals surface area contributed by atoms with Crippen molar-refractivity contribution >= 4 is 23.1 Å². The van der Waals surface area contributed by atoms with Gasteiger partial charge in [-0.15, -0.1) is 0 Å². The molecule has 0 saturated heterocycles. The van der Waals surface area contributed by atoms with Crippen molar-refractivity contribution in [3.63, 3.8) is 0 Å². The summed E-state index contributed by atoms with van der Waals surface area (Å²) in [4.78, 5) is 26.6. The average Bonchev–Trinajstić information content (AvgIpc) is 2.53. The highest BCUT2D eigenvalue weighted by molar-refractivity contribution is 5.94. The van der Waals surface area contributed by atoms with Crippen molar-refractivity contribution in [1.82, 2.24) is 4.98 Å². The number of aryl methyl sites for hydroxylation is 2. The van der Waals surface area contributed by atoms with Gasteiger partial charge in [-0.25, -0.2) is 4.98 Å². The molecule has 1 aromatic heterocycles. The van der Waals surface area contributed by atoms with E-state index in [-0.39, 0.29) is 24.0 Å². The summed E-state index contributed by atoms with van der Waals surface area (Å²) in [5.74, 6) is -0.197. The molecule has 1 aromatic carbocycles. The second kappa shape index (κ2) is 7.35. The van der Waals surface area contributed by atoms with Gasteiger partial charge in [-0.05, 0) is 31.0 Å². The van der Waals surface area contributed by atoms with Gasteiger partial charge in [0.2, 0.25) is 11.7 Å². The van der Waals surface area contributed by atoms with Crippen LogP contribution in [0, 0.1) is 17.0 Å². The Bertz CT molecular complexity index is 731. The molecule has 0 fully saturated rings. The smallest absolute Gasteiger partial charge is 0.314 e. The van der Waals surface area contributed by atoms with Crippen LogP contribution in [0.15, 0.2) is 36.5 Å². The first kappa shape index (κ1) is 16.4. The summed E-state index contributed by atoms with van der Waals surface area (Å²) in [7, 11) is 0. The predicted octanol–water partition coefficient (Wildman–Crippen LogP) is 2.91. The zero-order valence-electron chi connectivity index (χ0n) is 13.0. The first-order valence-corrected chi connectivity index (χ1v) is 7.24. The summed E-state index contributed by atoms with van der Waals surface area (Å²) in [5, 5.41) is 16.6. The third kappa shape index (κ3) is 4.03. The lowest BCUT2D eigenvalue weighted by molar-refractivity contribution is -0.384. The van der Waals surface area contributed by atoms with Crippen molar-refractivity contribution in [1.29, 1.82) is 0 Å². The number of para-hydroxylation sites is 1. The highest BCUT2D eigenvalue weighted by Crippen LogP contribution is 2.25. The monoisotopic (exact) mass is 314 g/mol. The van der Waals surface area contributed by atoms with Crippen molar-refractivity contribution < 1.29 is 9.72 Å². The van der Waals surface area contributed by atoms with Gasteiger partial charge in [-0.3, -0.25) is 14.9 Å². The fraction of sp³-hybridized carbons (Fsp3) is 0.250. The van der Waals surface area contributed by atoms with Crippen LogP contribution < -0.4 is 10.6 Å². The number of benzene rings is 1. The van der Waals surface area contributed by atoms with E-state index in [1.54, 1.807) is 13.0 Å². The van der Waals surface area contributed by atoms with Gasteiger partial charge in [0.15, 0.2) is 0 Å². The number of nitrogens with one attached hydrogen (secondary N) is 2. The van der Waals surface area contributed by atoms with Crippen LogP contribution >= 0.6 is 0 Å². The van der Waals surface area contributed by atoms with E-state index in [9.17, 15) is 14.9 Å². The molecule has 0 aliphatic rings. The number of nitro groups is 1. The second-order valence-corrected chi connectivity index (χ2v) is 4.99. The Hall–Kier alpha value is -2.96. The van der Waals surface area contributed by atoms with Gasteiger partial charge in [-0.1, -0.05) is 25.1 Å². The average molecular weight is 314 g/mol. The molecule has 23 heavy (non-hydrogen) atoms. The van der Waals surface area contributed by atoms with Crippen LogP contribution in [0.5, 0.6) is 0 Å². The highest BCUT2D eigenvalue weighted by Gasteiger charge is 2.18. The van der Waals surface area contributed by atoms with Crippen molar-refractivity contribution in [3.05, 3.63) is 57.8 Å². The number of carbonyl (C=O) groups is 1. The van der Waals surface area contributed by atoms with Crippen LogP contribution in [0.1, 0.15) is 18.1 Å². The molecule has 7 heteroatoms. The van der Waals surface area contributed by atoms with Crippen LogP contribution in [0.3, 0.4) is 0 Å². The maximum absolute atomic E-state index is 12.0. The minimum absolute atomic E-state index is 0.0916. The fourth-order valence-corrected chi connectivity index (χ4v) is 2.22. The lowest BCUT2D eigenvalue weighted by atomic mass is 10.1. The molecule has 1 amide bonds. The molecule has 0 aliphatic heterocycles. The Morgan fingerprint density at radius 1 is 1.30 bits per heavy atom. The van der Waals surface area contributed by atoms with Crippen molar-refractivity contribution in [3.8, 4) is 0 Å². The summed E-state index contributed by atoms with van der Waals surface area (Å²) < 4.78 is 0. The summed E-state index contributed by atoms with van der Waals surface area (Å²) >= 11 is 0. The molecule has 0 spiro atoms. The van der Waals surface area contributed by atoms with Gasteiger partial charge >= 0.3 is 5.69 Å². The minimum Gasteiger partial charge on any atom is -0.355 e. The van der Waals surface area contributed by atoms with Crippen molar-refractivity contribution in [2.75, 3.05) is 17.2 Å². The molecule has 7 nitrogen and oxygen atoms in total. The second-order valence-electron chi connectivity index (χ2n) is 4.99. The quantitative estimate of drug-likeness (QED) is 0.631. The Morgan fingerprint density at radius 3 is 2.74 bits per heavy atom. The molecule has 0 radical (unpaired) electrons. The molecule has 0 unspecified atom stereocenters. The molecule has 0 aliphatic carbocycles. The first-order valence-electron chi connectivity index (χ1n) is 7.24. The maximum Gasteiger partial charge on any atom is 0.314 e. The summed E-state index contributed by atoms with van der Waals surface area (Å²) in [6.45, 7) is 3.53. The number of nitrogens with zero attached hydrogens (tertiary/aromatic N) is 2. The van der Waals surface area contributed by atoms with Gasteiger partial charge in [0.05, 0.1) is 11.5 Å². The van der Waals surface area contributed by atoms with E-state index in [1.165, 1.54) is 6.20 Å². The molecule has 0 bridgehead atoms. The summed E-state index contributed by atoms with van der Waals surface area (Å²) in [5.41, 5.74) is 2.15. The Morgan fingerprint density at radius 2 is 2.04 bits per heavy atom. The molecular weight excluding hydrogens is 296 g/mol. The number of hydrogen-bond acceptors (Lipinski definition) is 5. The van der Waals surface area contributed by atoms with Crippen LogP contribution in [-0.2, 0) is 11.2 Å². The van der Waals surface area contributed by atoms with E-state index >= 15 is 0 Å². The van der Waals surface area contributed by atoms with E-state index in [2.05, 4.69) is 15.6 Å².